The second-order valence-electron chi connectivity index (χ2n) is 22.9. The molecule has 86 heavy (non-hydrogen) atoms. The number of hydrogen-bond donors (Lipinski definition) is 16. The molecule has 0 aromatic carbocycles. The number of carboxylic acids is 2. The van der Waals surface area contributed by atoms with E-state index in [1.165, 1.54) is 16.7 Å². The number of aliphatic hydroxyl groups excluding tert-OH is 1. The number of likely N-dealkylation sites (tertiary alicyclic amines) is 1. The van der Waals surface area contributed by atoms with E-state index in [1.54, 1.807) is 20.8 Å². The van der Waals surface area contributed by atoms with Crippen LogP contribution in [0.3, 0.4) is 0 Å². The molecule has 1 aliphatic rings. The van der Waals surface area contributed by atoms with Gasteiger partial charge in [0.15, 0.2) is 5.96 Å². The van der Waals surface area contributed by atoms with Crippen LogP contribution < -0.4 is 71.2 Å². The fraction of sp³-hybridized carbons (Fsp3) is 0.786. The predicted octanol–water partition coefficient (Wildman–Crippen LogP) is -1.79. The quantitative estimate of drug-likeness (QED) is 0.0183. The van der Waals surface area contributed by atoms with Crippen molar-refractivity contribution in [2.24, 2.45) is 57.3 Å². The van der Waals surface area contributed by atoms with E-state index in [1.807, 2.05) is 40.9 Å². The average molecular weight is 1240 g/mol. The Morgan fingerprint density at radius 2 is 1.05 bits per heavy atom. The summed E-state index contributed by atoms with van der Waals surface area (Å²) in [6.45, 7) is 15.4. The summed E-state index contributed by atoms with van der Waals surface area (Å²) in [7, 11) is 0. The highest BCUT2D eigenvalue weighted by atomic mass is 32.2. The lowest BCUT2D eigenvalue weighted by Gasteiger charge is -2.31. The summed E-state index contributed by atoms with van der Waals surface area (Å²) in [5.41, 5.74) is 28.6. The van der Waals surface area contributed by atoms with Gasteiger partial charge in [0.2, 0.25) is 53.2 Å². The Morgan fingerprint density at radius 3 is 1.48 bits per heavy atom. The number of carbonyl (C=O) groups is 11. The maximum absolute atomic E-state index is 14.4. The number of hydrogen-bond acceptors (Lipinski definition) is 17. The van der Waals surface area contributed by atoms with Gasteiger partial charge in [-0.25, -0.2) is 4.79 Å². The summed E-state index contributed by atoms with van der Waals surface area (Å²) in [5.74, 6) is -9.26. The summed E-state index contributed by atoms with van der Waals surface area (Å²) in [4.78, 5) is 152. The zero-order valence-corrected chi connectivity index (χ0v) is 53.1. The number of carbonyl (C=O) groups excluding carboxylic acids is 9. The van der Waals surface area contributed by atoms with Crippen molar-refractivity contribution < 1.29 is 68.1 Å². The topological polar surface area (TPSA) is 490 Å². The van der Waals surface area contributed by atoms with Gasteiger partial charge in [0.1, 0.15) is 54.4 Å². The van der Waals surface area contributed by atoms with Crippen LogP contribution in [0.1, 0.15) is 152 Å². The monoisotopic (exact) mass is 1240 g/mol. The van der Waals surface area contributed by atoms with Crippen LogP contribution >= 0.6 is 11.8 Å². The van der Waals surface area contributed by atoms with E-state index < -0.39 is 138 Å². The Hall–Kier alpha value is -6.37. The number of amides is 9. The van der Waals surface area contributed by atoms with Crippen molar-refractivity contribution in [3.63, 3.8) is 0 Å². The molecule has 0 spiro atoms. The number of aliphatic hydroxyl groups is 1. The average Bonchev–Trinajstić information content (AvgIpc) is 4.16. The molecule has 1 fully saturated rings. The van der Waals surface area contributed by atoms with Crippen LogP contribution in [0.15, 0.2) is 4.99 Å². The van der Waals surface area contributed by atoms with Crippen molar-refractivity contribution in [3.8, 4) is 0 Å². The third-order valence-corrected chi connectivity index (χ3v) is 14.7. The molecule has 0 saturated carbocycles. The number of nitrogens with two attached hydrogens (primary N) is 5. The zero-order chi connectivity index (χ0) is 65.8. The minimum absolute atomic E-state index is 0.0879. The lowest BCUT2D eigenvalue weighted by molar-refractivity contribution is -0.144. The molecule has 0 aliphatic carbocycles. The van der Waals surface area contributed by atoms with Crippen molar-refractivity contribution in [2.75, 3.05) is 44.8 Å². The van der Waals surface area contributed by atoms with Gasteiger partial charge >= 0.3 is 5.97 Å². The highest BCUT2D eigenvalue weighted by Gasteiger charge is 2.41. The van der Waals surface area contributed by atoms with E-state index in [9.17, 15) is 58.2 Å². The standard InChI is InChI=1S/C54H101N15O12S.C2H4O2/c1-10-33(8)43(68-44(71)34(57)17-15-24-60-54(58)59)51(78)65-39(28-31(4)5)48(75)64-38(27-30(2)3)47(74)62-35(18-11-13-22-55)45(72)61-36(19-12-14-23-56)46(73)63-37(21-26-82-9)52(79)69-25-16-20-41(69)50(77)66-40(29-70)49(76)67-42(32(6)7)53(80)81;1-2(3)4/h30-43,70H,10-29,55-57H2,1-9H3,(H,61,72)(H,62,74)(H,63,73)(H,64,75)(H,65,78)(H,66,77)(H,67,76)(H,68,71)(H,80,81)(H4,58,59,60);1H3,(H,3,4)/t33-,34-,35-,36-,37-,38-,39-,40-,41-,42-,43-;/m0./s1. The van der Waals surface area contributed by atoms with E-state index in [4.69, 9.17) is 38.6 Å². The lowest BCUT2D eigenvalue weighted by atomic mass is 9.96. The number of aliphatic imine (C=N–C) groups is 1. The molecule has 30 heteroatoms. The van der Waals surface area contributed by atoms with Crippen molar-refractivity contribution in [1.82, 2.24) is 47.4 Å². The Labute approximate surface area is 511 Å². The van der Waals surface area contributed by atoms with Gasteiger partial charge < -0.3 is 91.4 Å². The molecular weight excluding hydrogens is 1140 g/mol. The van der Waals surface area contributed by atoms with Crippen LogP contribution in [-0.2, 0) is 52.7 Å². The van der Waals surface area contributed by atoms with E-state index in [0.29, 0.717) is 50.7 Å². The Kier molecular flexibility index (Phi) is 40.1. The molecule has 0 aromatic heterocycles. The molecule has 21 N–H and O–H groups in total. The number of unbranched alkanes of at least 4 members (excludes halogenated alkanes) is 2. The first-order valence-corrected chi connectivity index (χ1v) is 31.3. The molecule has 9 amide bonds. The molecule has 0 aromatic rings. The second-order valence-corrected chi connectivity index (χ2v) is 23.8. The summed E-state index contributed by atoms with van der Waals surface area (Å²) < 4.78 is 0. The Morgan fingerprint density at radius 1 is 0.593 bits per heavy atom. The first-order chi connectivity index (χ1) is 40.4. The fourth-order valence-electron chi connectivity index (χ4n) is 9.12. The second kappa shape index (κ2) is 43.3. The smallest absolute Gasteiger partial charge is 0.326 e. The Bertz CT molecular complexity index is 2190. The van der Waals surface area contributed by atoms with Gasteiger partial charge in [0.25, 0.3) is 5.97 Å². The highest BCUT2D eigenvalue weighted by Crippen LogP contribution is 2.21. The lowest BCUT2D eigenvalue weighted by Crippen LogP contribution is -2.61. The van der Waals surface area contributed by atoms with Crippen LogP contribution in [-0.4, -0.2) is 196 Å². The van der Waals surface area contributed by atoms with Crippen LogP contribution in [0.2, 0.25) is 0 Å². The zero-order valence-electron chi connectivity index (χ0n) is 52.2. The fourth-order valence-corrected chi connectivity index (χ4v) is 9.59. The van der Waals surface area contributed by atoms with E-state index in [2.05, 4.69) is 47.5 Å². The van der Waals surface area contributed by atoms with Crippen LogP contribution in [0.25, 0.3) is 0 Å². The number of thioether (sulfide) groups is 1. The minimum Gasteiger partial charge on any atom is -0.481 e. The number of rotatable bonds is 41. The molecule has 0 radical (unpaired) electrons. The van der Waals surface area contributed by atoms with Crippen molar-refractivity contribution in [2.45, 2.75) is 213 Å². The minimum atomic E-state index is -1.52. The maximum Gasteiger partial charge on any atom is 0.326 e. The van der Waals surface area contributed by atoms with Crippen molar-refractivity contribution >= 4 is 82.8 Å². The van der Waals surface area contributed by atoms with Gasteiger partial charge in [0, 0.05) is 20.0 Å². The first kappa shape index (κ1) is 79.6. The number of guanidine groups is 1. The molecular formula is C56H105N15O14S. The number of nitrogens with zero attached hydrogens (tertiary/aromatic N) is 2. The van der Waals surface area contributed by atoms with E-state index in [0.717, 1.165) is 6.92 Å². The summed E-state index contributed by atoms with van der Waals surface area (Å²) in [5, 5.41) is 48.6. The maximum atomic E-state index is 14.4. The highest BCUT2D eigenvalue weighted by molar-refractivity contribution is 7.98. The number of nitrogens with one attached hydrogen (secondary N) is 8. The van der Waals surface area contributed by atoms with Gasteiger partial charge in [-0.2, -0.15) is 11.8 Å². The van der Waals surface area contributed by atoms with Crippen LogP contribution in [0.4, 0.5) is 0 Å². The van der Waals surface area contributed by atoms with Crippen molar-refractivity contribution in [3.05, 3.63) is 0 Å². The van der Waals surface area contributed by atoms with Gasteiger partial charge in [-0.1, -0.05) is 61.8 Å². The van der Waals surface area contributed by atoms with Gasteiger partial charge in [0.05, 0.1) is 12.6 Å². The summed E-state index contributed by atoms with van der Waals surface area (Å²) in [6.07, 6.45) is 5.88. The van der Waals surface area contributed by atoms with Gasteiger partial charge in [-0.05, 0) is 132 Å². The van der Waals surface area contributed by atoms with E-state index in [-0.39, 0.29) is 94.8 Å². The third kappa shape index (κ3) is 31.3. The molecule has 11 atom stereocenters. The number of carboxylic acid groups (broad SMARTS) is 2. The molecule has 0 unspecified atom stereocenters. The van der Waals surface area contributed by atoms with Crippen LogP contribution in [0.5, 0.6) is 0 Å². The van der Waals surface area contributed by atoms with Crippen molar-refractivity contribution in [1.29, 1.82) is 0 Å². The normalized spacial score (nSPS) is 16.4. The number of aliphatic carboxylic acids is 2. The third-order valence-electron chi connectivity index (χ3n) is 14.0. The molecule has 1 rings (SSSR count). The van der Waals surface area contributed by atoms with Crippen LogP contribution in [0, 0.1) is 23.7 Å². The Balaban J connectivity index is 0.0000175. The van der Waals surface area contributed by atoms with E-state index >= 15 is 0 Å². The summed E-state index contributed by atoms with van der Waals surface area (Å²) in [6, 6.07) is -11.9. The van der Waals surface area contributed by atoms with Gasteiger partial charge in [-0.15, -0.1) is 0 Å². The molecule has 0 bridgehead atoms. The molecule has 1 saturated heterocycles. The largest absolute Gasteiger partial charge is 0.481 e. The molecule has 494 valence electrons. The SMILES string of the molecule is CC(=O)O.CC[C@H](C)[C@H](NC(=O)[C@@H](N)CCCN=C(N)N)C(=O)N[C@@H](CC(C)C)C(=O)N[C@@H](CC(C)C)C(=O)N[C@@H](CCCCN)C(=O)N[C@@H](CCCCN)C(=O)N[C@@H](CCSC)C(=O)N1CCC[C@H]1C(=O)N[C@@H](CO)C(=O)N[C@H](C(=O)O)C(C)C. The molecule has 1 aliphatic heterocycles. The summed E-state index contributed by atoms with van der Waals surface area (Å²) >= 11 is 1.41. The molecule has 1 heterocycles. The van der Waals surface area contributed by atoms with Gasteiger partial charge in [-0.3, -0.25) is 52.9 Å². The predicted molar refractivity (Wildman–Crippen MR) is 328 cm³/mol. The molecule has 29 nitrogen and oxygen atoms in total. The first-order valence-electron chi connectivity index (χ1n) is 29.9.